The van der Waals surface area contributed by atoms with Gasteiger partial charge in [0.05, 0.1) is 30.7 Å². The third-order valence-electron chi connectivity index (χ3n) is 5.34. The molecule has 1 aromatic heterocycles. The van der Waals surface area contributed by atoms with E-state index < -0.39 is 8.07 Å². The molecule has 2 aromatic carbocycles. The average molecular weight is 492 g/mol. The minimum atomic E-state index is -1.31. The van der Waals surface area contributed by atoms with E-state index in [0.717, 1.165) is 17.0 Å². The maximum Gasteiger partial charge on any atom is 0.310 e. The third-order valence-corrected chi connectivity index (χ3v) is 7.59. The minimum Gasteiger partial charge on any atom is -0.495 e. The van der Waals surface area contributed by atoms with Crippen molar-refractivity contribution in [3.8, 4) is 5.75 Å². The lowest BCUT2D eigenvalue weighted by molar-refractivity contribution is -0.142. The zero-order valence-electron chi connectivity index (χ0n) is 18.9. The first-order valence-electron chi connectivity index (χ1n) is 10.3. The fourth-order valence-electron chi connectivity index (χ4n) is 3.51. The van der Waals surface area contributed by atoms with Gasteiger partial charge in [0.2, 0.25) is 0 Å². The lowest BCUT2D eigenvalue weighted by Gasteiger charge is -2.15. The summed E-state index contributed by atoms with van der Waals surface area (Å²) in [6.45, 7) is 8.93. The number of methoxy groups -OCH3 is 1. The Morgan fingerprint density at radius 3 is 2.31 bits per heavy atom. The number of aromatic nitrogens is 1. The van der Waals surface area contributed by atoms with Gasteiger partial charge < -0.3 is 9.47 Å². The Labute approximate surface area is 199 Å². The molecule has 0 aliphatic heterocycles. The Bertz CT molecular complexity index is 1160. The Balaban J connectivity index is 2.04. The second-order valence-electron chi connectivity index (χ2n) is 8.92. The fourth-order valence-corrected chi connectivity index (χ4v) is 4.58. The predicted molar refractivity (Wildman–Crippen MR) is 132 cm³/mol. The van der Waals surface area contributed by atoms with Crippen LogP contribution in [0.2, 0.25) is 35.7 Å². The van der Waals surface area contributed by atoms with Gasteiger partial charge in [-0.25, -0.2) is 0 Å². The number of carbonyl (C=O) groups is 2. The minimum absolute atomic E-state index is 0.0553. The van der Waals surface area contributed by atoms with Crippen molar-refractivity contribution in [1.29, 1.82) is 0 Å². The number of fused-ring (bicyclic) bond motifs is 1. The summed E-state index contributed by atoms with van der Waals surface area (Å²) in [6, 6.07) is 11.0. The van der Waals surface area contributed by atoms with Gasteiger partial charge in [-0.2, -0.15) is 0 Å². The molecule has 5 nitrogen and oxygen atoms in total. The van der Waals surface area contributed by atoms with Crippen molar-refractivity contribution in [3.63, 3.8) is 0 Å². The molecule has 3 aromatic rings. The SMILES string of the molecule is COc1cc2c(CC(=O)OCC[Si](C)(C)C)c(C)n(C(=O)c3ccc(Cl)cc3)c2cc1Cl. The average Bonchev–Trinajstić information content (AvgIpc) is 2.97. The first kappa shape index (κ1) is 24.4. The summed E-state index contributed by atoms with van der Waals surface area (Å²) in [6.07, 6.45) is 0.0553. The number of benzene rings is 2. The highest BCUT2D eigenvalue weighted by Crippen LogP contribution is 2.35. The van der Waals surface area contributed by atoms with E-state index in [1.54, 1.807) is 41.0 Å². The van der Waals surface area contributed by atoms with E-state index in [1.165, 1.54) is 7.11 Å². The van der Waals surface area contributed by atoms with Gasteiger partial charge in [0.1, 0.15) is 5.75 Å². The maximum atomic E-state index is 13.4. The van der Waals surface area contributed by atoms with Crippen LogP contribution in [-0.4, -0.2) is 38.2 Å². The van der Waals surface area contributed by atoms with Gasteiger partial charge in [-0.15, -0.1) is 0 Å². The molecule has 170 valence electrons. The molecule has 0 radical (unpaired) electrons. The quantitative estimate of drug-likeness (QED) is 0.284. The van der Waals surface area contributed by atoms with Gasteiger partial charge in [0.25, 0.3) is 5.91 Å². The van der Waals surface area contributed by atoms with E-state index in [9.17, 15) is 9.59 Å². The largest absolute Gasteiger partial charge is 0.495 e. The fraction of sp³-hybridized carbons (Fsp3) is 0.333. The van der Waals surface area contributed by atoms with Crippen LogP contribution in [0.3, 0.4) is 0 Å². The highest BCUT2D eigenvalue weighted by molar-refractivity contribution is 6.76. The Kier molecular flexibility index (Phi) is 7.38. The predicted octanol–water partition coefficient (Wildman–Crippen LogP) is 6.38. The maximum absolute atomic E-state index is 13.4. The number of hydrogen-bond donors (Lipinski definition) is 0. The van der Waals surface area contributed by atoms with Crippen LogP contribution in [0, 0.1) is 6.92 Å². The summed E-state index contributed by atoms with van der Waals surface area (Å²) in [4.78, 5) is 26.0. The van der Waals surface area contributed by atoms with Crippen LogP contribution in [0.25, 0.3) is 10.9 Å². The van der Waals surface area contributed by atoms with E-state index in [0.29, 0.717) is 39.2 Å². The Morgan fingerprint density at radius 1 is 1.06 bits per heavy atom. The number of carbonyl (C=O) groups excluding carboxylic acids is 2. The van der Waals surface area contributed by atoms with Crippen molar-refractivity contribution in [1.82, 2.24) is 4.57 Å². The molecule has 0 saturated carbocycles. The van der Waals surface area contributed by atoms with E-state index >= 15 is 0 Å². The first-order chi connectivity index (χ1) is 15.0. The van der Waals surface area contributed by atoms with Crippen LogP contribution in [0.5, 0.6) is 5.75 Å². The summed E-state index contributed by atoms with van der Waals surface area (Å²) >= 11 is 12.3. The molecule has 0 bridgehead atoms. The van der Waals surface area contributed by atoms with Crippen molar-refractivity contribution in [2.45, 2.75) is 39.0 Å². The standard InChI is InChI=1S/C24H27Cl2NO4Si/c1-15-18(13-23(28)31-10-11-32(3,4)5)19-12-22(30-2)20(26)14-21(19)27(15)24(29)16-6-8-17(25)9-7-16/h6-9,12,14H,10-11,13H2,1-5H3. The van der Waals surface area contributed by atoms with Gasteiger partial charge in [-0.05, 0) is 54.9 Å². The van der Waals surface area contributed by atoms with E-state index in [4.69, 9.17) is 32.7 Å². The number of ether oxygens (including phenoxy) is 2. The second kappa shape index (κ2) is 9.69. The summed E-state index contributed by atoms with van der Waals surface area (Å²) < 4.78 is 12.5. The second-order valence-corrected chi connectivity index (χ2v) is 15.4. The molecular weight excluding hydrogens is 465 g/mol. The molecule has 0 fully saturated rings. The highest BCUT2D eigenvalue weighted by atomic mass is 35.5. The summed E-state index contributed by atoms with van der Waals surface area (Å²) in [5.74, 6) is -0.0781. The zero-order valence-corrected chi connectivity index (χ0v) is 21.4. The van der Waals surface area contributed by atoms with Crippen LogP contribution in [0.4, 0.5) is 0 Å². The van der Waals surface area contributed by atoms with Gasteiger partial charge in [0.15, 0.2) is 0 Å². The Hall–Kier alpha value is -2.28. The molecule has 0 atom stereocenters. The molecule has 0 aliphatic rings. The van der Waals surface area contributed by atoms with Crippen molar-refractivity contribution in [3.05, 3.63) is 63.3 Å². The van der Waals surface area contributed by atoms with Gasteiger partial charge in [-0.3, -0.25) is 14.2 Å². The first-order valence-corrected chi connectivity index (χ1v) is 14.8. The highest BCUT2D eigenvalue weighted by Gasteiger charge is 2.24. The van der Waals surface area contributed by atoms with Crippen molar-refractivity contribution >= 4 is 54.1 Å². The third kappa shape index (κ3) is 5.37. The molecule has 0 saturated heterocycles. The molecule has 0 aliphatic carbocycles. The molecule has 0 spiro atoms. The molecule has 0 amide bonds. The number of esters is 1. The van der Waals surface area contributed by atoms with Crippen LogP contribution in [0.15, 0.2) is 36.4 Å². The lowest BCUT2D eigenvalue weighted by atomic mass is 10.1. The van der Waals surface area contributed by atoms with Gasteiger partial charge in [0, 0.05) is 29.7 Å². The zero-order chi connectivity index (χ0) is 23.6. The number of halogens is 2. The van der Waals surface area contributed by atoms with Crippen LogP contribution in [0.1, 0.15) is 21.6 Å². The number of rotatable bonds is 7. The summed E-state index contributed by atoms with van der Waals surface area (Å²) in [5.41, 5.74) is 2.46. The van der Waals surface area contributed by atoms with Crippen molar-refractivity contribution < 1.29 is 19.1 Å². The van der Waals surface area contributed by atoms with Crippen LogP contribution in [-0.2, 0) is 16.0 Å². The van der Waals surface area contributed by atoms with E-state index in [-0.39, 0.29) is 18.3 Å². The normalized spacial score (nSPS) is 11.6. The lowest BCUT2D eigenvalue weighted by Crippen LogP contribution is -2.23. The Morgan fingerprint density at radius 2 is 1.72 bits per heavy atom. The molecular formula is C24H27Cl2NO4Si. The van der Waals surface area contributed by atoms with Crippen LogP contribution >= 0.6 is 23.2 Å². The molecule has 1 heterocycles. The molecule has 0 unspecified atom stereocenters. The topological polar surface area (TPSA) is 57.5 Å². The van der Waals surface area contributed by atoms with E-state index in [2.05, 4.69) is 19.6 Å². The van der Waals surface area contributed by atoms with Crippen molar-refractivity contribution in [2.75, 3.05) is 13.7 Å². The van der Waals surface area contributed by atoms with Gasteiger partial charge in [-0.1, -0.05) is 42.8 Å². The van der Waals surface area contributed by atoms with Crippen LogP contribution < -0.4 is 4.74 Å². The number of nitrogens with zero attached hydrogens (tertiary/aromatic N) is 1. The summed E-state index contributed by atoms with van der Waals surface area (Å²) in [7, 11) is 0.220. The molecule has 0 N–H and O–H groups in total. The molecule has 3 rings (SSSR count). The van der Waals surface area contributed by atoms with Crippen molar-refractivity contribution in [2.24, 2.45) is 0 Å². The molecule has 8 heteroatoms. The molecule has 32 heavy (non-hydrogen) atoms. The summed E-state index contributed by atoms with van der Waals surface area (Å²) in [5, 5.41) is 1.66. The van der Waals surface area contributed by atoms with Gasteiger partial charge >= 0.3 is 5.97 Å². The van der Waals surface area contributed by atoms with E-state index in [1.807, 2.05) is 6.92 Å². The smallest absolute Gasteiger partial charge is 0.310 e. The monoisotopic (exact) mass is 491 g/mol. The number of hydrogen-bond acceptors (Lipinski definition) is 4.